The van der Waals surface area contributed by atoms with Gasteiger partial charge in [-0.25, -0.2) is 12.6 Å². The fraction of sp³-hybridized carbons (Fsp3) is 0.200. The number of ether oxygens (including phenoxy) is 1. The molecule has 0 spiro atoms. The van der Waals surface area contributed by atoms with Crippen LogP contribution in [0.2, 0.25) is 0 Å². The fourth-order valence-electron chi connectivity index (χ4n) is 2.33. The summed E-state index contributed by atoms with van der Waals surface area (Å²) < 4.78 is 95.6. The van der Waals surface area contributed by atoms with E-state index in [0.717, 1.165) is 24.3 Å². The van der Waals surface area contributed by atoms with E-state index in [9.17, 15) is 29.8 Å². The van der Waals surface area contributed by atoms with Gasteiger partial charge in [0, 0.05) is 0 Å². The lowest BCUT2D eigenvalue weighted by Crippen LogP contribution is -2.15. The average molecular weight is 511 g/mol. The van der Waals surface area contributed by atoms with Crippen LogP contribution >= 0.6 is 0 Å². The van der Waals surface area contributed by atoms with Crippen LogP contribution in [0.15, 0.2) is 50.4 Å². The molecule has 0 aliphatic heterocycles. The summed E-state index contributed by atoms with van der Waals surface area (Å²) in [6.07, 6.45) is 0. The lowest BCUT2D eigenvalue weighted by atomic mass is 10.2. The highest BCUT2D eigenvalue weighted by Crippen LogP contribution is 2.35. The molecule has 0 atom stereocenters. The van der Waals surface area contributed by atoms with Crippen molar-refractivity contribution in [3.63, 3.8) is 0 Å². The highest BCUT2D eigenvalue weighted by atomic mass is 32.3. The Bertz CT molecular complexity index is 1370. The molecule has 0 radical (unpaired) electrons. The van der Waals surface area contributed by atoms with Crippen LogP contribution in [0.4, 0.5) is 22.7 Å². The molecule has 0 bridgehead atoms. The van der Waals surface area contributed by atoms with Crippen molar-refractivity contribution in [1.82, 2.24) is 0 Å². The standard InChI is InChI=1S/C15H18N4O10S3/c1-28-14-3-2-9(30(20,21)5-4-29-32(25,26)27)6-13(14)19-18-12-8-15(31(22,23)24)11(17)7-10(12)16/h2-3,6-8H,4-5,16-17H2,1H3,(H,22,23,24)(H,25,26,27). The van der Waals surface area contributed by atoms with Crippen molar-refractivity contribution in [3.05, 3.63) is 30.3 Å². The van der Waals surface area contributed by atoms with Crippen LogP contribution in [0.5, 0.6) is 5.75 Å². The Morgan fingerprint density at radius 2 is 1.53 bits per heavy atom. The van der Waals surface area contributed by atoms with Crippen molar-refractivity contribution >= 4 is 53.1 Å². The van der Waals surface area contributed by atoms with Crippen molar-refractivity contribution in [1.29, 1.82) is 0 Å². The van der Waals surface area contributed by atoms with Crippen molar-refractivity contribution in [2.24, 2.45) is 10.2 Å². The largest absolute Gasteiger partial charge is 0.494 e. The molecule has 2 aromatic carbocycles. The van der Waals surface area contributed by atoms with Gasteiger partial charge in [0.1, 0.15) is 22.0 Å². The molecule has 0 saturated carbocycles. The monoisotopic (exact) mass is 510 g/mol. The maximum absolute atomic E-state index is 12.4. The third kappa shape index (κ3) is 6.58. The number of hydrogen-bond acceptors (Lipinski definition) is 12. The van der Waals surface area contributed by atoms with E-state index in [1.54, 1.807) is 0 Å². The van der Waals surface area contributed by atoms with E-state index < -0.39 is 47.6 Å². The van der Waals surface area contributed by atoms with Gasteiger partial charge in [0.2, 0.25) is 0 Å². The Morgan fingerprint density at radius 3 is 2.09 bits per heavy atom. The lowest BCUT2D eigenvalue weighted by molar-refractivity contribution is 0.284. The molecule has 6 N–H and O–H groups in total. The average Bonchev–Trinajstić information content (AvgIpc) is 2.64. The summed E-state index contributed by atoms with van der Waals surface area (Å²) >= 11 is 0. The molecule has 0 amide bonds. The van der Waals surface area contributed by atoms with E-state index in [0.29, 0.717) is 0 Å². The second-order valence-corrected chi connectivity index (χ2v) is 10.6. The number of methoxy groups -OCH3 is 1. The zero-order valence-electron chi connectivity index (χ0n) is 16.2. The normalized spacial score (nSPS) is 12.8. The molecule has 0 saturated heterocycles. The first kappa shape index (κ1) is 25.4. The lowest BCUT2D eigenvalue weighted by Gasteiger charge is -2.09. The number of benzene rings is 2. The summed E-state index contributed by atoms with van der Waals surface area (Å²) in [5, 5.41) is 7.60. The molecule has 0 aliphatic carbocycles. The van der Waals surface area contributed by atoms with E-state index in [2.05, 4.69) is 14.4 Å². The summed E-state index contributed by atoms with van der Waals surface area (Å²) in [6, 6.07) is 5.39. The zero-order valence-corrected chi connectivity index (χ0v) is 18.7. The van der Waals surface area contributed by atoms with Gasteiger partial charge in [0.25, 0.3) is 10.1 Å². The van der Waals surface area contributed by atoms with Crippen LogP contribution in [-0.4, -0.2) is 53.8 Å². The topological polar surface area (TPSA) is 238 Å². The molecule has 2 aromatic rings. The summed E-state index contributed by atoms with van der Waals surface area (Å²) in [7, 11) is -12.3. The Labute approximate surface area is 183 Å². The number of nitrogens with two attached hydrogens (primary N) is 2. The number of nitrogens with zero attached hydrogens (tertiary/aromatic N) is 2. The van der Waals surface area contributed by atoms with Crippen molar-refractivity contribution in [2.75, 3.05) is 30.9 Å². The van der Waals surface area contributed by atoms with E-state index >= 15 is 0 Å². The molecule has 14 nitrogen and oxygen atoms in total. The van der Waals surface area contributed by atoms with Crippen LogP contribution in [0.25, 0.3) is 0 Å². The summed E-state index contributed by atoms with van der Waals surface area (Å²) in [5.74, 6) is -0.691. The molecule has 2 rings (SSSR count). The first-order chi connectivity index (χ1) is 14.6. The molecule has 0 unspecified atom stereocenters. The Hall–Kier alpha value is -2.83. The Balaban J connectivity index is 2.43. The quantitative estimate of drug-likeness (QED) is 0.211. The first-order valence-corrected chi connectivity index (χ1v) is 12.7. The minimum absolute atomic E-state index is 0.0799. The SMILES string of the molecule is COc1ccc(S(=O)(=O)CCOS(=O)(=O)O)cc1N=Nc1cc(S(=O)(=O)O)c(N)cc1N. The summed E-state index contributed by atoms with van der Waals surface area (Å²) in [6.45, 7) is -0.829. The van der Waals surface area contributed by atoms with Gasteiger partial charge < -0.3 is 16.2 Å². The van der Waals surface area contributed by atoms with Crippen molar-refractivity contribution in [3.8, 4) is 5.75 Å². The predicted octanol–water partition coefficient (Wildman–Crippen LogP) is 1.11. The van der Waals surface area contributed by atoms with Gasteiger partial charge in [0.15, 0.2) is 9.84 Å². The molecule has 0 aromatic heterocycles. The van der Waals surface area contributed by atoms with Gasteiger partial charge in [-0.15, -0.1) is 10.2 Å². The van der Waals surface area contributed by atoms with E-state index in [-0.39, 0.29) is 33.4 Å². The van der Waals surface area contributed by atoms with E-state index in [1.807, 2.05) is 0 Å². The second kappa shape index (κ2) is 9.35. The molecular weight excluding hydrogens is 492 g/mol. The van der Waals surface area contributed by atoms with Gasteiger partial charge in [-0.2, -0.15) is 16.8 Å². The first-order valence-electron chi connectivity index (χ1n) is 8.25. The maximum Gasteiger partial charge on any atom is 0.397 e. The summed E-state index contributed by atoms with van der Waals surface area (Å²) in [5.41, 5.74) is 10.6. The minimum Gasteiger partial charge on any atom is -0.494 e. The minimum atomic E-state index is -4.81. The van der Waals surface area contributed by atoms with Crippen LogP contribution in [0.3, 0.4) is 0 Å². The number of sulfone groups is 1. The van der Waals surface area contributed by atoms with Gasteiger partial charge >= 0.3 is 10.4 Å². The zero-order chi connectivity index (χ0) is 24.3. The Kier molecular flexibility index (Phi) is 7.43. The van der Waals surface area contributed by atoms with Crippen LogP contribution in [0.1, 0.15) is 0 Å². The number of anilines is 2. The molecule has 176 valence electrons. The predicted molar refractivity (Wildman–Crippen MR) is 112 cm³/mol. The van der Waals surface area contributed by atoms with Gasteiger partial charge in [-0.3, -0.25) is 9.11 Å². The van der Waals surface area contributed by atoms with Gasteiger partial charge in [0.05, 0.1) is 35.7 Å². The smallest absolute Gasteiger partial charge is 0.397 e. The highest BCUT2D eigenvalue weighted by Gasteiger charge is 2.19. The fourth-order valence-corrected chi connectivity index (χ4v) is 4.45. The van der Waals surface area contributed by atoms with Gasteiger partial charge in [-0.1, -0.05) is 0 Å². The molecule has 0 fully saturated rings. The third-order valence-electron chi connectivity index (χ3n) is 3.80. The Morgan fingerprint density at radius 1 is 0.906 bits per heavy atom. The van der Waals surface area contributed by atoms with Crippen molar-refractivity contribution in [2.45, 2.75) is 9.79 Å². The molecule has 0 heterocycles. The van der Waals surface area contributed by atoms with Crippen molar-refractivity contribution < 1.29 is 43.3 Å². The van der Waals surface area contributed by atoms with E-state index in [4.69, 9.17) is 20.8 Å². The number of azo groups is 1. The van der Waals surface area contributed by atoms with Crippen LogP contribution in [0, 0.1) is 0 Å². The maximum atomic E-state index is 12.4. The number of rotatable bonds is 9. The van der Waals surface area contributed by atoms with Crippen LogP contribution < -0.4 is 16.2 Å². The number of hydrogen-bond donors (Lipinski definition) is 4. The highest BCUT2D eigenvalue weighted by molar-refractivity contribution is 7.91. The van der Waals surface area contributed by atoms with Gasteiger partial charge in [-0.05, 0) is 30.3 Å². The third-order valence-corrected chi connectivity index (χ3v) is 6.85. The van der Waals surface area contributed by atoms with Crippen LogP contribution in [-0.2, 0) is 34.5 Å². The van der Waals surface area contributed by atoms with E-state index in [1.165, 1.54) is 13.2 Å². The molecule has 0 aliphatic rings. The molecule has 32 heavy (non-hydrogen) atoms. The second-order valence-electron chi connectivity index (χ2n) is 6.03. The summed E-state index contributed by atoms with van der Waals surface area (Å²) in [4.78, 5) is -0.946. The molecule has 17 heteroatoms. The number of nitrogen functional groups attached to an aromatic ring is 2. The molecular formula is C15H18N4O10S3.